The van der Waals surface area contributed by atoms with Crippen LogP contribution >= 0.6 is 0 Å². The number of rotatable bonds is 6. The Balaban J connectivity index is 2.41. The Hall–Kier alpha value is -1.10. The van der Waals surface area contributed by atoms with Gasteiger partial charge in [0, 0.05) is 12.6 Å². The van der Waals surface area contributed by atoms with Crippen LogP contribution in [-0.2, 0) is 9.59 Å². The minimum absolute atomic E-state index is 0.0709. The van der Waals surface area contributed by atoms with Gasteiger partial charge in [-0.15, -0.1) is 0 Å². The van der Waals surface area contributed by atoms with Gasteiger partial charge in [-0.1, -0.05) is 20.3 Å². The van der Waals surface area contributed by atoms with E-state index in [-0.39, 0.29) is 24.4 Å². The number of nitrogens with one attached hydrogen (secondary N) is 1. The summed E-state index contributed by atoms with van der Waals surface area (Å²) >= 11 is 0. The van der Waals surface area contributed by atoms with E-state index in [0.29, 0.717) is 12.3 Å². The van der Waals surface area contributed by atoms with Gasteiger partial charge in [-0.3, -0.25) is 9.59 Å². The molecule has 1 rings (SSSR count). The fourth-order valence-electron chi connectivity index (χ4n) is 2.51. The molecule has 5 nitrogen and oxygen atoms in total. The minimum atomic E-state index is -0.847. The van der Waals surface area contributed by atoms with Crippen LogP contribution in [0.3, 0.4) is 0 Å². The Morgan fingerprint density at radius 2 is 2.06 bits per heavy atom. The van der Waals surface area contributed by atoms with Crippen molar-refractivity contribution in [1.29, 1.82) is 0 Å². The summed E-state index contributed by atoms with van der Waals surface area (Å²) < 4.78 is 0. The summed E-state index contributed by atoms with van der Waals surface area (Å²) in [5, 5.41) is 11.8. The third-order valence-corrected chi connectivity index (χ3v) is 3.53. The van der Waals surface area contributed by atoms with Crippen LogP contribution in [0, 0.1) is 17.8 Å². The van der Waals surface area contributed by atoms with Crippen molar-refractivity contribution in [3.05, 3.63) is 0 Å². The van der Waals surface area contributed by atoms with E-state index in [9.17, 15) is 9.59 Å². The van der Waals surface area contributed by atoms with Crippen LogP contribution in [0.1, 0.15) is 39.5 Å². The van der Waals surface area contributed by atoms with Gasteiger partial charge in [0.15, 0.2) is 0 Å². The van der Waals surface area contributed by atoms with E-state index in [4.69, 9.17) is 10.8 Å². The standard InChI is InChI=1S/C13H24N2O3/c1-8(2)6-9(13(17)18)7-15-12(16)10-4-3-5-11(10)14/h8-11H,3-7,14H2,1-2H3,(H,15,16)(H,17,18). The highest BCUT2D eigenvalue weighted by Crippen LogP contribution is 2.24. The van der Waals surface area contributed by atoms with Gasteiger partial charge in [0.1, 0.15) is 0 Å². The lowest BCUT2D eigenvalue weighted by molar-refractivity contribution is -0.142. The van der Waals surface area contributed by atoms with Crippen LogP contribution < -0.4 is 11.1 Å². The monoisotopic (exact) mass is 256 g/mol. The second-order valence-corrected chi connectivity index (χ2v) is 5.61. The van der Waals surface area contributed by atoms with Crippen molar-refractivity contribution in [1.82, 2.24) is 5.32 Å². The lowest BCUT2D eigenvalue weighted by Gasteiger charge is -2.19. The van der Waals surface area contributed by atoms with E-state index in [1.54, 1.807) is 0 Å². The number of aliphatic carboxylic acids is 1. The van der Waals surface area contributed by atoms with Gasteiger partial charge >= 0.3 is 5.97 Å². The molecule has 3 unspecified atom stereocenters. The van der Waals surface area contributed by atoms with Gasteiger partial charge in [0.25, 0.3) is 0 Å². The molecule has 0 radical (unpaired) electrons. The molecular weight excluding hydrogens is 232 g/mol. The quantitative estimate of drug-likeness (QED) is 0.660. The summed E-state index contributed by atoms with van der Waals surface area (Å²) in [6.07, 6.45) is 3.25. The number of nitrogens with two attached hydrogens (primary N) is 1. The molecule has 1 fully saturated rings. The molecule has 0 aliphatic heterocycles. The van der Waals surface area contributed by atoms with Crippen LogP contribution in [0.2, 0.25) is 0 Å². The predicted octanol–water partition coefficient (Wildman–Crippen LogP) is 0.977. The molecule has 0 heterocycles. The molecule has 0 aromatic heterocycles. The zero-order valence-electron chi connectivity index (χ0n) is 11.2. The largest absolute Gasteiger partial charge is 0.481 e. The molecule has 5 heteroatoms. The van der Waals surface area contributed by atoms with Gasteiger partial charge < -0.3 is 16.2 Å². The molecule has 1 amide bonds. The molecule has 18 heavy (non-hydrogen) atoms. The molecule has 104 valence electrons. The molecule has 0 spiro atoms. The van der Waals surface area contributed by atoms with E-state index in [2.05, 4.69) is 5.32 Å². The first kappa shape index (κ1) is 15.0. The third-order valence-electron chi connectivity index (χ3n) is 3.53. The molecule has 1 saturated carbocycles. The Morgan fingerprint density at radius 3 is 2.50 bits per heavy atom. The van der Waals surface area contributed by atoms with Gasteiger partial charge in [-0.25, -0.2) is 0 Å². The number of hydrogen-bond donors (Lipinski definition) is 3. The number of carboxylic acids is 1. The van der Waals surface area contributed by atoms with Crippen LogP contribution in [0.25, 0.3) is 0 Å². The molecule has 0 bridgehead atoms. The first-order valence-corrected chi connectivity index (χ1v) is 6.68. The van der Waals surface area contributed by atoms with Crippen LogP contribution in [0.5, 0.6) is 0 Å². The lowest BCUT2D eigenvalue weighted by Crippen LogP contribution is -2.41. The average molecular weight is 256 g/mol. The van der Waals surface area contributed by atoms with Crippen molar-refractivity contribution < 1.29 is 14.7 Å². The molecule has 1 aliphatic rings. The summed E-state index contributed by atoms with van der Waals surface area (Å²) in [6, 6.07) is -0.0709. The lowest BCUT2D eigenvalue weighted by atomic mass is 9.96. The molecular formula is C13H24N2O3. The van der Waals surface area contributed by atoms with Crippen molar-refractivity contribution in [2.24, 2.45) is 23.5 Å². The molecule has 1 aliphatic carbocycles. The third kappa shape index (κ3) is 4.29. The molecule has 0 saturated heterocycles. The summed E-state index contributed by atoms with van der Waals surface area (Å²) in [4.78, 5) is 22.9. The summed E-state index contributed by atoms with van der Waals surface area (Å²) in [6.45, 7) is 4.16. The summed E-state index contributed by atoms with van der Waals surface area (Å²) in [5.74, 6) is -1.28. The van der Waals surface area contributed by atoms with Gasteiger partial charge in [0.05, 0.1) is 11.8 Å². The van der Waals surface area contributed by atoms with E-state index in [1.807, 2.05) is 13.8 Å². The van der Waals surface area contributed by atoms with Crippen molar-refractivity contribution in [3.8, 4) is 0 Å². The predicted molar refractivity (Wildman–Crippen MR) is 68.9 cm³/mol. The molecule has 0 aromatic carbocycles. The van der Waals surface area contributed by atoms with Crippen molar-refractivity contribution in [2.45, 2.75) is 45.6 Å². The number of amides is 1. The Bertz CT molecular complexity index is 305. The van der Waals surface area contributed by atoms with Crippen LogP contribution in [-0.4, -0.2) is 29.6 Å². The first-order chi connectivity index (χ1) is 8.41. The van der Waals surface area contributed by atoms with E-state index >= 15 is 0 Å². The van der Waals surface area contributed by atoms with Gasteiger partial charge in [-0.2, -0.15) is 0 Å². The van der Waals surface area contributed by atoms with E-state index < -0.39 is 11.9 Å². The van der Waals surface area contributed by atoms with Crippen molar-refractivity contribution >= 4 is 11.9 Å². The Morgan fingerprint density at radius 1 is 1.39 bits per heavy atom. The van der Waals surface area contributed by atoms with Gasteiger partial charge in [0.2, 0.25) is 5.91 Å². The highest BCUT2D eigenvalue weighted by atomic mass is 16.4. The summed E-state index contributed by atoms with van der Waals surface area (Å²) in [5.41, 5.74) is 5.85. The summed E-state index contributed by atoms with van der Waals surface area (Å²) in [7, 11) is 0. The van der Waals surface area contributed by atoms with Crippen molar-refractivity contribution in [2.75, 3.05) is 6.54 Å². The fraction of sp³-hybridized carbons (Fsp3) is 0.846. The Kier molecular flexibility index (Phi) is 5.59. The molecule has 4 N–H and O–H groups in total. The SMILES string of the molecule is CC(C)CC(CNC(=O)C1CCCC1N)C(=O)O. The fourth-order valence-corrected chi connectivity index (χ4v) is 2.51. The first-order valence-electron chi connectivity index (χ1n) is 6.68. The number of carbonyl (C=O) groups excluding carboxylic acids is 1. The highest BCUT2D eigenvalue weighted by molar-refractivity contribution is 5.80. The maximum absolute atomic E-state index is 11.9. The topological polar surface area (TPSA) is 92.4 Å². The van der Waals surface area contributed by atoms with E-state index in [0.717, 1.165) is 19.3 Å². The molecule has 3 atom stereocenters. The average Bonchev–Trinajstić information content (AvgIpc) is 2.69. The normalized spacial score (nSPS) is 25.1. The highest BCUT2D eigenvalue weighted by Gasteiger charge is 2.30. The van der Waals surface area contributed by atoms with E-state index in [1.165, 1.54) is 0 Å². The number of hydrogen-bond acceptors (Lipinski definition) is 3. The number of carboxylic acid groups (broad SMARTS) is 1. The maximum atomic E-state index is 11.9. The Labute approximate surface area is 108 Å². The second kappa shape index (κ2) is 6.73. The smallest absolute Gasteiger partial charge is 0.308 e. The zero-order valence-corrected chi connectivity index (χ0v) is 11.2. The number of carbonyl (C=O) groups is 2. The second-order valence-electron chi connectivity index (χ2n) is 5.61. The van der Waals surface area contributed by atoms with Gasteiger partial charge in [-0.05, 0) is 25.2 Å². The van der Waals surface area contributed by atoms with Crippen LogP contribution in [0.15, 0.2) is 0 Å². The zero-order chi connectivity index (χ0) is 13.7. The minimum Gasteiger partial charge on any atom is -0.481 e. The van der Waals surface area contributed by atoms with Crippen LogP contribution in [0.4, 0.5) is 0 Å². The van der Waals surface area contributed by atoms with Crippen molar-refractivity contribution in [3.63, 3.8) is 0 Å². The molecule has 0 aromatic rings. The maximum Gasteiger partial charge on any atom is 0.308 e.